The summed E-state index contributed by atoms with van der Waals surface area (Å²) < 4.78 is 5.55. The predicted octanol–water partition coefficient (Wildman–Crippen LogP) is 2.54. The minimum absolute atomic E-state index is 0.0156. The highest BCUT2D eigenvalue weighted by Crippen LogP contribution is 2.25. The van der Waals surface area contributed by atoms with Crippen LogP contribution >= 0.6 is 0 Å². The Hall–Kier alpha value is -1.62. The maximum atomic E-state index is 12.6. The van der Waals surface area contributed by atoms with Crippen molar-refractivity contribution in [2.45, 2.75) is 38.7 Å². The number of carbonyl (C=O) groups excluding carboxylic acids is 1. The number of ether oxygens (including phenoxy) is 1. The van der Waals surface area contributed by atoms with Crippen LogP contribution in [0, 0.1) is 0 Å². The number of piperidine rings is 1. The number of carbonyl (C=O) groups is 1. The molecule has 1 atom stereocenters. The van der Waals surface area contributed by atoms with Crippen LogP contribution in [0.1, 0.15) is 43.6 Å². The number of hydrogen-bond donors (Lipinski definition) is 1. The van der Waals surface area contributed by atoms with Crippen molar-refractivity contribution in [3.63, 3.8) is 0 Å². The Bertz CT molecular complexity index is 492. The van der Waals surface area contributed by atoms with Gasteiger partial charge in [0.1, 0.15) is 5.69 Å². The summed E-state index contributed by atoms with van der Waals surface area (Å²) in [7, 11) is 1.71. The molecule has 2 rings (SSSR count). The number of likely N-dealkylation sites (tertiary alicyclic amines) is 1. The molecule has 21 heavy (non-hydrogen) atoms. The van der Waals surface area contributed by atoms with Crippen LogP contribution in [-0.4, -0.2) is 48.1 Å². The molecule has 2 heterocycles. The van der Waals surface area contributed by atoms with Gasteiger partial charge in [-0.2, -0.15) is 0 Å². The molecule has 0 saturated carbocycles. The van der Waals surface area contributed by atoms with Crippen molar-refractivity contribution in [3.8, 4) is 0 Å². The SMILES string of the molecule is CCCNc1ccnc(C(=O)N2CCCC(C)(OC)C2)c1. The van der Waals surface area contributed by atoms with Crippen molar-refractivity contribution in [2.24, 2.45) is 0 Å². The number of hydrogen-bond acceptors (Lipinski definition) is 4. The smallest absolute Gasteiger partial charge is 0.272 e. The summed E-state index contributed by atoms with van der Waals surface area (Å²) in [4.78, 5) is 18.7. The van der Waals surface area contributed by atoms with E-state index in [0.717, 1.165) is 38.0 Å². The molecule has 1 aliphatic rings. The molecule has 5 nitrogen and oxygen atoms in total. The Morgan fingerprint density at radius 1 is 1.57 bits per heavy atom. The molecule has 1 unspecified atom stereocenters. The lowest BCUT2D eigenvalue weighted by molar-refractivity contribution is -0.0441. The topological polar surface area (TPSA) is 54.5 Å². The zero-order valence-electron chi connectivity index (χ0n) is 13.2. The number of anilines is 1. The van der Waals surface area contributed by atoms with Crippen LogP contribution in [-0.2, 0) is 4.74 Å². The molecule has 0 spiro atoms. The van der Waals surface area contributed by atoms with Crippen LogP contribution in [0.15, 0.2) is 18.3 Å². The Morgan fingerprint density at radius 2 is 2.38 bits per heavy atom. The van der Waals surface area contributed by atoms with E-state index in [1.165, 1.54) is 0 Å². The predicted molar refractivity (Wildman–Crippen MR) is 83.6 cm³/mol. The number of aromatic nitrogens is 1. The third-order valence-corrected chi connectivity index (χ3v) is 4.00. The lowest BCUT2D eigenvalue weighted by Crippen LogP contribution is -2.49. The summed E-state index contributed by atoms with van der Waals surface area (Å²) in [6, 6.07) is 3.72. The number of amides is 1. The van der Waals surface area contributed by atoms with Crippen molar-refractivity contribution in [3.05, 3.63) is 24.0 Å². The Balaban J connectivity index is 2.08. The van der Waals surface area contributed by atoms with Gasteiger partial charge >= 0.3 is 0 Å². The van der Waals surface area contributed by atoms with Crippen LogP contribution < -0.4 is 5.32 Å². The van der Waals surface area contributed by atoms with Crippen molar-refractivity contribution < 1.29 is 9.53 Å². The molecule has 116 valence electrons. The molecular weight excluding hydrogens is 266 g/mol. The number of nitrogens with zero attached hydrogens (tertiary/aromatic N) is 2. The van der Waals surface area contributed by atoms with Gasteiger partial charge in [0.15, 0.2) is 0 Å². The molecule has 0 aromatic carbocycles. The minimum Gasteiger partial charge on any atom is -0.385 e. The highest BCUT2D eigenvalue weighted by atomic mass is 16.5. The van der Waals surface area contributed by atoms with Gasteiger partial charge in [-0.25, -0.2) is 0 Å². The number of nitrogens with one attached hydrogen (secondary N) is 1. The lowest BCUT2D eigenvalue weighted by atomic mass is 9.94. The lowest BCUT2D eigenvalue weighted by Gasteiger charge is -2.39. The normalized spacial score (nSPS) is 22.1. The van der Waals surface area contributed by atoms with Gasteiger partial charge in [0.2, 0.25) is 0 Å². The van der Waals surface area contributed by atoms with Crippen molar-refractivity contribution in [1.82, 2.24) is 9.88 Å². The second-order valence-corrected chi connectivity index (χ2v) is 5.84. The van der Waals surface area contributed by atoms with E-state index in [2.05, 4.69) is 24.1 Å². The van der Waals surface area contributed by atoms with Crippen LogP contribution in [0.5, 0.6) is 0 Å². The third kappa shape index (κ3) is 3.94. The molecule has 0 radical (unpaired) electrons. The summed E-state index contributed by atoms with van der Waals surface area (Å²) >= 11 is 0. The van der Waals surface area contributed by atoms with Gasteiger partial charge in [0.25, 0.3) is 5.91 Å². The van der Waals surface area contributed by atoms with Gasteiger partial charge < -0.3 is 15.0 Å². The van der Waals surface area contributed by atoms with Gasteiger partial charge in [-0.05, 0) is 38.3 Å². The van der Waals surface area contributed by atoms with Gasteiger partial charge in [0, 0.05) is 38.6 Å². The van der Waals surface area contributed by atoms with Crippen LogP contribution in [0.25, 0.3) is 0 Å². The largest absolute Gasteiger partial charge is 0.385 e. The third-order valence-electron chi connectivity index (χ3n) is 4.00. The maximum absolute atomic E-state index is 12.6. The molecule has 1 N–H and O–H groups in total. The quantitative estimate of drug-likeness (QED) is 0.906. The second kappa shape index (κ2) is 6.89. The number of rotatable bonds is 5. The zero-order chi connectivity index (χ0) is 15.3. The second-order valence-electron chi connectivity index (χ2n) is 5.84. The standard InChI is InChI=1S/C16H25N3O2/c1-4-8-17-13-6-9-18-14(11-13)15(20)19-10-5-7-16(2,12-19)21-3/h6,9,11H,4-5,7-8,10,12H2,1-3H3,(H,17,18). The molecule has 5 heteroatoms. The summed E-state index contributed by atoms with van der Waals surface area (Å²) in [5.41, 5.74) is 1.20. The zero-order valence-corrected chi connectivity index (χ0v) is 13.2. The fourth-order valence-electron chi connectivity index (χ4n) is 2.63. The summed E-state index contributed by atoms with van der Waals surface area (Å²) in [6.45, 7) is 6.45. The van der Waals surface area contributed by atoms with E-state index in [4.69, 9.17) is 4.74 Å². The van der Waals surface area contributed by atoms with E-state index in [1.54, 1.807) is 13.3 Å². The Morgan fingerprint density at radius 3 is 3.10 bits per heavy atom. The first kappa shape index (κ1) is 15.8. The first-order valence-corrected chi connectivity index (χ1v) is 7.62. The first-order chi connectivity index (χ1) is 10.1. The van der Waals surface area contributed by atoms with Crippen molar-refractivity contribution in [1.29, 1.82) is 0 Å². The molecule has 0 aliphatic carbocycles. The summed E-state index contributed by atoms with van der Waals surface area (Å²) in [5.74, 6) is -0.0156. The Kier molecular flexibility index (Phi) is 5.17. The van der Waals surface area contributed by atoms with E-state index in [0.29, 0.717) is 12.2 Å². The number of methoxy groups -OCH3 is 1. The molecule has 1 amide bonds. The molecule has 0 bridgehead atoms. The summed E-state index contributed by atoms with van der Waals surface area (Å²) in [5, 5.41) is 3.28. The first-order valence-electron chi connectivity index (χ1n) is 7.62. The fraction of sp³-hybridized carbons (Fsp3) is 0.625. The Labute approximate surface area is 126 Å². The fourth-order valence-corrected chi connectivity index (χ4v) is 2.63. The summed E-state index contributed by atoms with van der Waals surface area (Å²) in [6.07, 6.45) is 4.68. The average Bonchev–Trinajstić information content (AvgIpc) is 2.52. The average molecular weight is 291 g/mol. The molecule has 1 aromatic rings. The van der Waals surface area contributed by atoms with E-state index in [-0.39, 0.29) is 11.5 Å². The molecular formula is C16H25N3O2. The highest BCUT2D eigenvalue weighted by molar-refractivity contribution is 5.93. The van der Waals surface area contributed by atoms with Gasteiger partial charge in [-0.15, -0.1) is 0 Å². The molecule has 1 aromatic heterocycles. The van der Waals surface area contributed by atoms with Gasteiger partial charge in [-0.3, -0.25) is 9.78 Å². The monoisotopic (exact) mass is 291 g/mol. The van der Waals surface area contributed by atoms with Crippen molar-refractivity contribution in [2.75, 3.05) is 32.1 Å². The molecule has 1 aliphatic heterocycles. The van der Waals surface area contributed by atoms with E-state index < -0.39 is 0 Å². The van der Waals surface area contributed by atoms with Crippen LogP contribution in [0.4, 0.5) is 5.69 Å². The van der Waals surface area contributed by atoms with Gasteiger partial charge in [-0.1, -0.05) is 6.92 Å². The van der Waals surface area contributed by atoms with E-state index >= 15 is 0 Å². The van der Waals surface area contributed by atoms with E-state index in [1.807, 2.05) is 17.0 Å². The van der Waals surface area contributed by atoms with Crippen molar-refractivity contribution >= 4 is 11.6 Å². The number of pyridine rings is 1. The van der Waals surface area contributed by atoms with Crippen LogP contribution in [0.2, 0.25) is 0 Å². The molecule has 1 fully saturated rings. The van der Waals surface area contributed by atoms with E-state index in [9.17, 15) is 4.79 Å². The minimum atomic E-state index is -0.244. The molecule has 1 saturated heterocycles. The highest BCUT2D eigenvalue weighted by Gasteiger charge is 2.33. The van der Waals surface area contributed by atoms with Crippen LogP contribution in [0.3, 0.4) is 0 Å². The van der Waals surface area contributed by atoms with Gasteiger partial charge in [0.05, 0.1) is 5.60 Å². The maximum Gasteiger partial charge on any atom is 0.272 e.